The third-order valence-corrected chi connectivity index (χ3v) is 4.39. The Bertz CT molecular complexity index is 583. The summed E-state index contributed by atoms with van der Waals surface area (Å²) >= 11 is 6.22. The molecule has 2 unspecified atom stereocenters. The molecule has 0 spiro atoms. The Morgan fingerprint density at radius 2 is 1.67 bits per heavy atom. The Kier molecular flexibility index (Phi) is 8.04. The van der Waals surface area contributed by atoms with E-state index < -0.39 is 59.5 Å². The van der Waals surface area contributed by atoms with Crippen molar-refractivity contribution in [2.45, 2.75) is 62.8 Å². The van der Waals surface area contributed by atoms with Crippen LogP contribution in [0.25, 0.3) is 0 Å². The fourth-order valence-electron chi connectivity index (χ4n) is 2.65. The molecule has 0 aromatic rings. The standard InChI is InChI=1S/C17H25ClO9/c1-5-6-25-14(23)16(2,3)8-17(4,18)15(24)26-7-9-10(19)11(20)12(21)13(22)27-9/h1,9-13,19-22H,6-8H2,2-4H3/t9-,10+,11+,12-,13?,17?/m1/s1. The maximum absolute atomic E-state index is 12.3. The molecule has 0 aromatic carbocycles. The molecule has 0 bridgehead atoms. The molecule has 0 amide bonds. The molecule has 1 heterocycles. The number of alkyl halides is 1. The van der Waals surface area contributed by atoms with Crippen LogP contribution in [0.1, 0.15) is 27.2 Å². The summed E-state index contributed by atoms with van der Waals surface area (Å²) in [7, 11) is 0. The van der Waals surface area contributed by atoms with Crippen molar-refractivity contribution in [3.05, 3.63) is 0 Å². The summed E-state index contributed by atoms with van der Waals surface area (Å²) in [4.78, 5) is 22.7. The Hall–Kier alpha value is -1.41. The van der Waals surface area contributed by atoms with Crippen molar-refractivity contribution in [2.75, 3.05) is 13.2 Å². The van der Waals surface area contributed by atoms with E-state index in [4.69, 9.17) is 32.2 Å². The number of esters is 2. The van der Waals surface area contributed by atoms with Gasteiger partial charge in [-0.15, -0.1) is 18.0 Å². The summed E-state index contributed by atoms with van der Waals surface area (Å²) in [5.74, 6) is 0.621. The van der Waals surface area contributed by atoms with Crippen molar-refractivity contribution < 1.29 is 44.2 Å². The highest BCUT2D eigenvalue weighted by atomic mass is 35.5. The first kappa shape index (κ1) is 23.6. The number of aliphatic hydroxyl groups excluding tert-OH is 4. The molecule has 1 rings (SSSR count). The molecule has 0 radical (unpaired) electrons. The predicted octanol–water partition coefficient (Wildman–Crippen LogP) is -1.08. The van der Waals surface area contributed by atoms with Gasteiger partial charge >= 0.3 is 11.9 Å². The van der Waals surface area contributed by atoms with Gasteiger partial charge in [-0.05, 0) is 27.2 Å². The number of ether oxygens (including phenoxy) is 3. The summed E-state index contributed by atoms with van der Waals surface area (Å²) < 4.78 is 14.8. The summed E-state index contributed by atoms with van der Waals surface area (Å²) in [6, 6.07) is 0. The molecule has 0 saturated carbocycles. The Labute approximate surface area is 162 Å². The summed E-state index contributed by atoms with van der Waals surface area (Å²) in [6.07, 6.45) is -3.09. The molecular formula is C17H25ClO9. The first-order valence-corrected chi connectivity index (χ1v) is 8.56. The third kappa shape index (κ3) is 6.04. The summed E-state index contributed by atoms with van der Waals surface area (Å²) in [6.45, 7) is 3.66. The van der Waals surface area contributed by atoms with Gasteiger partial charge in [0.1, 0.15) is 35.9 Å². The van der Waals surface area contributed by atoms with Crippen LogP contribution in [0.15, 0.2) is 0 Å². The van der Waals surface area contributed by atoms with Crippen LogP contribution in [0.2, 0.25) is 0 Å². The van der Waals surface area contributed by atoms with Crippen LogP contribution in [0, 0.1) is 17.8 Å². The molecule has 1 aliphatic rings. The molecule has 0 aliphatic carbocycles. The van der Waals surface area contributed by atoms with Crippen LogP contribution < -0.4 is 0 Å². The zero-order valence-electron chi connectivity index (χ0n) is 15.3. The predicted molar refractivity (Wildman–Crippen MR) is 92.3 cm³/mol. The van der Waals surface area contributed by atoms with Gasteiger partial charge in [0, 0.05) is 0 Å². The lowest BCUT2D eigenvalue weighted by Gasteiger charge is -2.38. The number of halogens is 1. The fraction of sp³-hybridized carbons (Fsp3) is 0.765. The minimum Gasteiger partial charge on any atom is -0.462 e. The van der Waals surface area contributed by atoms with Crippen LogP contribution in [0.5, 0.6) is 0 Å². The summed E-state index contributed by atoms with van der Waals surface area (Å²) in [5, 5.41) is 38.3. The molecule has 10 heteroatoms. The minimum absolute atomic E-state index is 0.137. The zero-order valence-corrected chi connectivity index (χ0v) is 16.0. The maximum Gasteiger partial charge on any atom is 0.327 e. The number of carbonyl (C=O) groups is 2. The van der Waals surface area contributed by atoms with Crippen LogP contribution in [0.3, 0.4) is 0 Å². The van der Waals surface area contributed by atoms with Gasteiger partial charge in [0.05, 0.1) is 5.41 Å². The largest absolute Gasteiger partial charge is 0.462 e. The number of terminal acetylenes is 1. The monoisotopic (exact) mass is 408 g/mol. The number of hydrogen-bond donors (Lipinski definition) is 4. The molecule has 1 fully saturated rings. The number of hydrogen-bond acceptors (Lipinski definition) is 9. The first-order valence-electron chi connectivity index (χ1n) is 8.18. The van der Waals surface area contributed by atoms with E-state index in [1.54, 1.807) is 0 Å². The van der Waals surface area contributed by atoms with Gasteiger partial charge in [-0.2, -0.15) is 0 Å². The molecular weight excluding hydrogens is 384 g/mol. The summed E-state index contributed by atoms with van der Waals surface area (Å²) in [5.41, 5.74) is -1.14. The van der Waals surface area contributed by atoms with Crippen LogP contribution in [-0.2, 0) is 23.8 Å². The topological polar surface area (TPSA) is 143 Å². The van der Waals surface area contributed by atoms with E-state index in [0.717, 1.165) is 0 Å². The normalized spacial score (nSPS) is 30.7. The second-order valence-corrected chi connectivity index (χ2v) is 8.01. The van der Waals surface area contributed by atoms with E-state index in [-0.39, 0.29) is 13.0 Å². The van der Waals surface area contributed by atoms with Gasteiger partial charge in [-0.1, -0.05) is 5.92 Å². The third-order valence-electron chi connectivity index (χ3n) is 4.10. The van der Waals surface area contributed by atoms with Crippen LogP contribution in [-0.4, -0.2) is 81.2 Å². The second-order valence-electron chi connectivity index (χ2n) is 7.17. The lowest BCUT2D eigenvalue weighted by molar-refractivity contribution is -0.287. The van der Waals surface area contributed by atoms with Gasteiger partial charge in [-0.3, -0.25) is 9.59 Å². The highest BCUT2D eigenvalue weighted by Crippen LogP contribution is 2.34. The van der Waals surface area contributed by atoms with Crippen LogP contribution in [0.4, 0.5) is 0 Å². The Morgan fingerprint density at radius 3 is 2.22 bits per heavy atom. The molecule has 1 aliphatic heterocycles. The highest BCUT2D eigenvalue weighted by Gasteiger charge is 2.46. The maximum atomic E-state index is 12.3. The molecule has 0 aromatic heterocycles. The average Bonchev–Trinajstić information content (AvgIpc) is 2.58. The van der Waals surface area contributed by atoms with E-state index in [9.17, 15) is 30.0 Å². The van der Waals surface area contributed by atoms with Gasteiger partial charge in [0.15, 0.2) is 12.9 Å². The molecule has 1 saturated heterocycles. The van der Waals surface area contributed by atoms with Gasteiger partial charge in [0.25, 0.3) is 0 Å². The van der Waals surface area contributed by atoms with E-state index in [1.807, 2.05) is 0 Å². The Morgan fingerprint density at radius 1 is 1.07 bits per heavy atom. The quantitative estimate of drug-likeness (QED) is 0.235. The van der Waals surface area contributed by atoms with Crippen molar-refractivity contribution in [2.24, 2.45) is 5.41 Å². The second kappa shape index (κ2) is 9.19. The highest BCUT2D eigenvalue weighted by molar-refractivity contribution is 6.33. The zero-order chi connectivity index (χ0) is 21.0. The van der Waals surface area contributed by atoms with Gasteiger partial charge in [-0.25, -0.2) is 0 Å². The minimum atomic E-state index is -1.75. The lowest BCUT2D eigenvalue weighted by atomic mass is 9.83. The van der Waals surface area contributed by atoms with Gasteiger partial charge < -0.3 is 34.6 Å². The average molecular weight is 409 g/mol. The van der Waals surface area contributed by atoms with Gasteiger partial charge in [0.2, 0.25) is 0 Å². The molecule has 27 heavy (non-hydrogen) atoms. The molecule has 154 valence electrons. The lowest BCUT2D eigenvalue weighted by Crippen LogP contribution is -2.58. The number of carbonyl (C=O) groups excluding carboxylic acids is 2. The van der Waals surface area contributed by atoms with E-state index >= 15 is 0 Å². The van der Waals surface area contributed by atoms with E-state index in [2.05, 4.69) is 5.92 Å². The van der Waals surface area contributed by atoms with Crippen molar-refractivity contribution >= 4 is 23.5 Å². The first-order chi connectivity index (χ1) is 12.3. The SMILES string of the molecule is C#CCOC(=O)C(C)(C)CC(C)(Cl)C(=O)OC[C@H]1OC(O)[C@H](O)[C@@H](O)[C@H]1O. The van der Waals surface area contributed by atoms with E-state index in [1.165, 1.54) is 20.8 Å². The number of aliphatic hydroxyl groups is 4. The molecule has 6 atom stereocenters. The van der Waals surface area contributed by atoms with Crippen molar-refractivity contribution in [3.63, 3.8) is 0 Å². The number of rotatable bonds is 7. The Balaban J connectivity index is 2.67. The van der Waals surface area contributed by atoms with Crippen molar-refractivity contribution in [1.82, 2.24) is 0 Å². The van der Waals surface area contributed by atoms with Crippen LogP contribution >= 0.6 is 11.6 Å². The smallest absolute Gasteiger partial charge is 0.327 e. The van der Waals surface area contributed by atoms with Crippen molar-refractivity contribution in [3.8, 4) is 12.3 Å². The van der Waals surface area contributed by atoms with Crippen molar-refractivity contribution in [1.29, 1.82) is 0 Å². The molecule has 4 N–H and O–H groups in total. The molecule has 9 nitrogen and oxygen atoms in total. The fourth-order valence-corrected chi connectivity index (χ4v) is 3.04. The van der Waals surface area contributed by atoms with E-state index in [0.29, 0.717) is 0 Å².